The van der Waals surface area contributed by atoms with E-state index in [-0.39, 0.29) is 0 Å². The molecule has 1 aromatic heterocycles. The second kappa shape index (κ2) is 9.05. The quantitative estimate of drug-likeness (QED) is 0.504. The zero-order valence-corrected chi connectivity index (χ0v) is 19.7. The van der Waals surface area contributed by atoms with Gasteiger partial charge >= 0.3 is 0 Å². The van der Waals surface area contributed by atoms with E-state index in [1.54, 1.807) is 41.0 Å². The first-order chi connectivity index (χ1) is 14.5. The molecule has 0 saturated carbocycles. The van der Waals surface area contributed by atoms with Gasteiger partial charge < -0.3 is 9.64 Å². The summed E-state index contributed by atoms with van der Waals surface area (Å²) >= 11 is 4.96. The van der Waals surface area contributed by atoms with Gasteiger partial charge in [-0.2, -0.15) is 4.31 Å². The molecule has 0 amide bonds. The highest BCUT2D eigenvalue weighted by Crippen LogP contribution is 2.28. The molecule has 2 aromatic carbocycles. The van der Waals surface area contributed by atoms with E-state index in [9.17, 15) is 8.42 Å². The summed E-state index contributed by atoms with van der Waals surface area (Å²) in [4.78, 5) is 7.24. The third-order valence-corrected chi connectivity index (χ3v) is 8.91. The molecule has 158 valence electrons. The van der Waals surface area contributed by atoms with Crippen LogP contribution in [0.4, 0.5) is 5.13 Å². The molecule has 1 aliphatic heterocycles. The van der Waals surface area contributed by atoms with E-state index >= 15 is 0 Å². The van der Waals surface area contributed by atoms with Gasteiger partial charge in [-0.25, -0.2) is 13.4 Å². The maximum Gasteiger partial charge on any atom is 0.244 e. The fourth-order valence-corrected chi connectivity index (χ4v) is 6.65. The molecular formula is C21H22BrN3O3S2. The van der Waals surface area contributed by atoms with Gasteiger partial charge in [0.25, 0.3) is 0 Å². The Labute approximate surface area is 189 Å². The summed E-state index contributed by atoms with van der Waals surface area (Å²) in [7, 11) is -1.85. The molecule has 6 nitrogen and oxygen atoms in total. The summed E-state index contributed by atoms with van der Waals surface area (Å²) in [5, 5.41) is 3.01. The molecule has 2 heterocycles. The molecular weight excluding hydrogens is 486 g/mol. The summed E-state index contributed by atoms with van der Waals surface area (Å²) < 4.78 is 33.3. The van der Waals surface area contributed by atoms with Gasteiger partial charge in [0.05, 0.1) is 17.7 Å². The van der Waals surface area contributed by atoms with Gasteiger partial charge in [0.15, 0.2) is 5.13 Å². The summed E-state index contributed by atoms with van der Waals surface area (Å²) in [6.45, 7) is 2.13. The molecule has 0 radical (unpaired) electrons. The van der Waals surface area contributed by atoms with E-state index in [0.717, 1.165) is 23.0 Å². The van der Waals surface area contributed by atoms with E-state index in [4.69, 9.17) is 9.72 Å². The van der Waals surface area contributed by atoms with Crippen LogP contribution in [0.25, 0.3) is 0 Å². The molecule has 0 aliphatic carbocycles. The molecule has 0 atom stereocenters. The Morgan fingerprint density at radius 3 is 2.43 bits per heavy atom. The number of piperazine rings is 1. The predicted octanol–water partition coefficient (Wildman–Crippen LogP) is 4.02. The first-order valence-electron chi connectivity index (χ1n) is 9.54. The van der Waals surface area contributed by atoms with Crippen molar-refractivity contribution in [3.05, 3.63) is 69.6 Å². The first-order valence-corrected chi connectivity index (χ1v) is 12.7. The van der Waals surface area contributed by atoms with Crippen molar-refractivity contribution < 1.29 is 13.2 Å². The average Bonchev–Trinajstić information content (AvgIpc) is 3.23. The first kappa shape index (κ1) is 21.3. The Bertz CT molecular complexity index is 1110. The van der Waals surface area contributed by atoms with Crippen LogP contribution in [0.15, 0.2) is 63.3 Å². The van der Waals surface area contributed by atoms with Crippen LogP contribution < -0.4 is 9.64 Å². The SMILES string of the molecule is COc1ccc(Cc2csc(N3CCN(S(=O)(=O)c4ccccc4Br)CC3)n2)cc1. The number of hydrogen-bond acceptors (Lipinski definition) is 6. The molecule has 1 fully saturated rings. The molecule has 1 aliphatic rings. The van der Waals surface area contributed by atoms with Crippen molar-refractivity contribution in [3.63, 3.8) is 0 Å². The van der Waals surface area contributed by atoms with Crippen LogP contribution in [0, 0.1) is 0 Å². The molecule has 0 unspecified atom stereocenters. The number of hydrogen-bond donors (Lipinski definition) is 0. The number of rotatable bonds is 6. The Morgan fingerprint density at radius 1 is 1.07 bits per heavy atom. The lowest BCUT2D eigenvalue weighted by molar-refractivity contribution is 0.384. The monoisotopic (exact) mass is 507 g/mol. The minimum atomic E-state index is -3.51. The number of benzene rings is 2. The summed E-state index contributed by atoms with van der Waals surface area (Å²) in [6.07, 6.45) is 0.761. The normalized spacial score (nSPS) is 15.3. The van der Waals surface area contributed by atoms with Crippen molar-refractivity contribution in [2.24, 2.45) is 0 Å². The van der Waals surface area contributed by atoms with Crippen molar-refractivity contribution >= 4 is 42.4 Å². The maximum absolute atomic E-state index is 13.0. The highest BCUT2D eigenvalue weighted by atomic mass is 79.9. The molecule has 30 heavy (non-hydrogen) atoms. The van der Waals surface area contributed by atoms with Crippen molar-refractivity contribution in [3.8, 4) is 5.75 Å². The van der Waals surface area contributed by atoms with Crippen molar-refractivity contribution in [2.45, 2.75) is 11.3 Å². The van der Waals surface area contributed by atoms with Crippen molar-refractivity contribution in [1.29, 1.82) is 0 Å². The standard InChI is InChI=1S/C21H22BrN3O3S2/c1-28-18-8-6-16(7-9-18)14-17-15-29-21(23-17)24-10-12-25(13-11-24)30(26,27)20-5-3-2-4-19(20)22/h2-9,15H,10-14H2,1H3. The third kappa shape index (κ3) is 4.54. The lowest BCUT2D eigenvalue weighted by atomic mass is 10.1. The fourth-order valence-electron chi connectivity index (χ4n) is 3.39. The molecule has 3 aromatic rings. The van der Waals surface area contributed by atoms with Gasteiger partial charge in [-0.15, -0.1) is 11.3 Å². The van der Waals surface area contributed by atoms with E-state index < -0.39 is 10.0 Å². The number of nitrogens with zero attached hydrogens (tertiary/aromatic N) is 3. The van der Waals surface area contributed by atoms with Gasteiger partial charge in [0.2, 0.25) is 10.0 Å². The summed E-state index contributed by atoms with van der Waals surface area (Å²) in [6, 6.07) is 14.9. The smallest absolute Gasteiger partial charge is 0.244 e. The minimum absolute atomic E-state index is 0.314. The average molecular weight is 508 g/mol. The number of anilines is 1. The zero-order chi connectivity index (χ0) is 21.1. The largest absolute Gasteiger partial charge is 0.497 e. The number of aromatic nitrogens is 1. The summed E-state index contributed by atoms with van der Waals surface area (Å²) in [5.74, 6) is 0.841. The van der Waals surface area contributed by atoms with Crippen molar-refractivity contribution in [1.82, 2.24) is 9.29 Å². The Balaban J connectivity index is 1.39. The minimum Gasteiger partial charge on any atom is -0.497 e. The van der Waals surface area contributed by atoms with Crippen LogP contribution in [-0.4, -0.2) is 51.0 Å². The highest BCUT2D eigenvalue weighted by Gasteiger charge is 2.30. The number of ether oxygens (including phenoxy) is 1. The fraction of sp³-hybridized carbons (Fsp3) is 0.286. The third-order valence-electron chi connectivity index (χ3n) is 5.05. The lowest BCUT2D eigenvalue weighted by Crippen LogP contribution is -2.48. The van der Waals surface area contributed by atoms with Crippen LogP contribution in [0.3, 0.4) is 0 Å². The number of halogens is 1. The molecule has 0 bridgehead atoms. The number of sulfonamides is 1. The van der Waals surface area contributed by atoms with Crippen LogP contribution in [0.1, 0.15) is 11.3 Å². The van der Waals surface area contributed by atoms with E-state index in [1.165, 1.54) is 5.56 Å². The van der Waals surface area contributed by atoms with Crippen LogP contribution in [0.2, 0.25) is 0 Å². The van der Waals surface area contributed by atoms with Gasteiger partial charge in [-0.3, -0.25) is 0 Å². The Morgan fingerprint density at radius 2 is 1.77 bits per heavy atom. The second-order valence-corrected chi connectivity index (χ2v) is 10.6. The highest BCUT2D eigenvalue weighted by molar-refractivity contribution is 9.10. The maximum atomic E-state index is 13.0. The van der Waals surface area contributed by atoms with Gasteiger partial charge in [0, 0.05) is 42.5 Å². The molecule has 9 heteroatoms. The molecule has 1 saturated heterocycles. The van der Waals surface area contributed by atoms with Crippen LogP contribution in [0.5, 0.6) is 5.75 Å². The Kier molecular flexibility index (Phi) is 6.43. The van der Waals surface area contributed by atoms with E-state index in [0.29, 0.717) is 35.5 Å². The second-order valence-electron chi connectivity index (χ2n) is 6.97. The summed E-state index contributed by atoms with van der Waals surface area (Å²) in [5.41, 5.74) is 2.19. The van der Waals surface area contributed by atoms with Gasteiger partial charge in [-0.05, 0) is 45.8 Å². The van der Waals surface area contributed by atoms with E-state index in [2.05, 4.69) is 26.2 Å². The van der Waals surface area contributed by atoms with Gasteiger partial charge in [0.1, 0.15) is 5.75 Å². The molecule has 0 N–H and O–H groups in total. The zero-order valence-electron chi connectivity index (χ0n) is 16.5. The molecule has 0 spiro atoms. The number of thiazole rings is 1. The van der Waals surface area contributed by atoms with Crippen molar-refractivity contribution in [2.75, 3.05) is 38.2 Å². The predicted molar refractivity (Wildman–Crippen MR) is 123 cm³/mol. The number of methoxy groups -OCH3 is 1. The topological polar surface area (TPSA) is 62.7 Å². The Hall–Kier alpha value is -1.94. The lowest BCUT2D eigenvalue weighted by Gasteiger charge is -2.34. The van der Waals surface area contributed by atoms with Gasteiger partial charge in [-0.1, -0.05) is 24.3 Å². The molecule has 4 rings (SSSR count). The van der Waals surface area contributed by atoms with Crippen LogP contribution >= 0.6 is 27.3 Å². The van der Waals surface area contributed by atoms with E-state index in [1.807, 2.05) is 30.3 Å². The van der Waals surface area contributed by atoms with Crippen LogP contribution in [-0.2, 0) is 16.4 Å².